The minimum Gasteiger partial charge on any atom is -0.356 e. The number of carbonyl (C=O) groups is 1. The summed E-state index contributed by atoms with van der Waals surface area (Å²) in [5, 5.41) is 6.34. The number of hydrogen-bond donors (Lipinski definition) is 2. The van der Waals surface area contributed by atoms with Crippen LogP contribution in [-0.4, -0.2) is 25.5 Å². The average Bonchev–Trinajstić information content (AvgIpc) is 2.76. The fraction of sp³-hybridized carbons (Fsp3) is 0.615. The van der Waals surface area contributed by atoms with E-state index in [0.29, 0.717) is 12.3 Å². The summed E-state index contributed by atoms with van der Waals surface area (Å²) in [4.78, 5) is 13.1. The van der Waals surface area contributed by atoms with Crippen LogP contribution in [0, 0.1) is 5.92 Å². The first-order valence-electron chi connectivity index (χ1n) is 6.45. The Hall–Kier alpha value is -0.390. The van der Waals surface area contributed by atoms with Crippen LogP contribution in [0.3, 0.4) is 0 Å². The number of halogens is 1. The number of nitrogens with one attached hydrogen (secondary N) is 2. The fourth-order valence-corrected chi connectivity index (χ4v) is 3.71. The molecule has 0 bridgehead atoms. The lowest BCUT2D eigenvalue weighted by molar-refractivity contribution is -0.122. The minimum absolute atomic E-state index is 0.206. The molecule has 0 radical (unpaired) electrons. The average molecular weight is 331 g/mol. The minimum atomic E-state index is 0.206. The Morgan fingerprint density at radius 2 is 2.22 bits per heavy atom. The predicted octanol–water partition coefficient (Wildman–Crippen LogP) is 2.56. The summed E-state index contributed by atoms with van der Waals surface area (Å²) < 4.78 is 1.15. The highest BCUT2D eigenvalue weighted by Gasteiger charge is 2.16. The van der Waals surface area contributed by atoms with Crippen LogP contribution in [0.15, 0.2) is 15.9 Å². The second-order valence-corrected chi connectivity index (χ2v) is 7.25. The van der Waals surface area contributed by atoms with Gasteiger partial charge in [0.2, 0.25) is 5.91 Å². The zero-order valence-electron chi connectivity index (χ0n) is 10.4. The van der Waals surface area contributed by atoms with Gasteiger partial charge in [0.1, 0.15) is 0 Å². The van der Waals surface area contributed by atoms with Gasteiger partial charge < -0.3 is 10.6 Å². The second kappa shape index (κ2) is 7.26. The molecule has 2 rings (SSSR count). The van der Waals surface area contributed by atoms with Crippen molar-refractivity contribution < 1.29 is 4.79 Å². The summed E-state index contributed by atoms with van der Waals surface area (Å²) in [7, 11) is 0. The first kappa shape index (κ1) is 14.0. The van der Waals surface area contributed by atoms with Gasteiger partial charge in [-0.05, 0) is 66.3 Å². The topological polar surface area (TPSA) is 41.1 Å². The van der Waals surface area contributed by atoms with Crippen molar-refractivity contribution in [2.75, 3.05) is 19.6 Å². The van der Waals surface area contributed by atoms with Gasteiger partial charge >= 0.3 is 0 Å². The van der Waals surface area contributed by atoms with Gasteiger partial charge in [0, 0.05) is 17.8 Å². The molecular formula is C13H19BrN2OS. The van der Waals surface area contributed by atoms with Crippen molar-refractivity contribution in [3.63, 3.8) is 0 Å². The van der Waals surface area contributed by atoms with Gasteiger partial charge in [0.25, 0.3) is 0 Å². The molecule has 5 heteroatoms. The van der Waals surface area contributed by atoms with Crippen molar-refractivity contribution in [3.05, 3.63) is 20.8 Å². The standard InChI is InChI=1S/C13H19BrN2OS/c14-12-2-1-11(18-12)5-8-16-13(17)9-10-3-6-15-7-4-10/h1-2,10,15H,3-9H2,(H,16,17). The van der Waals surface area contributed by atoms with E-state index < -0.39 is 0 Å². The molecular weight excluding hydrogens is 312 g/mol. The molecule has 0 saturated carbocycles. The maximum Gasteiger partial charge on any atom is 0.220 e. The summed E-state index contributed by atoms with van der Waals surface area (Å²) in [5.74, 6) is 0.777. The molecule has 1 amide bonds. The van der Waals surface area contributed by atoms with Crippen molar-refractivity contribution in [2.45, 2.75) is 25.7 Å². The molecule has 2 heterocycles. The van der Waals surface area contributed by atoms with Crippen LogP contribution in [0.2, 0.25) is 0 Å². The van der Waals surface area contributed by atoms with Crippen LogP contribution in [0.4, 0.5) is 0 Å². The van der Waals surface area contributed by atoms with Crippen LogP contribution in [0.5, 0.6) is 0 Å². The molecule has 1 aromatic rings. The molecule has 1 fully saturated rings. The first-order chi connectivity index (χ1) is 8.74. The summed E-state index contributed by atoms with van der Waals surface area (Å²) in [6.45, 7) is 2.86. The van der Waals surface area contributed by atoms with E-state index in [4.69, 9.17) is 0 Å². The molecule has 2 N–H and O–H groups in total. The van der Waals surface area contributed by atoms with E-state index in [-0.39, 0.29) is 5.91 Å². The maximum atomic E-state index is 11.8. The third-order valence-corrected chi connectivity index (χ3v) is 4.94. The molecule has 0 aromatic carbocycles. The van der Waals surface area contributed by atoms with Crippen molar-refractivity contribution >= 4 is 33.2 Å². The third-order valence-electron chi connectivity index (χ3n) is 3.26. The molecule has 100 valence electrons. The summed E-state index contributed by atoms with van der Waals surface area (Å²) in [6, 6.07) is 4.16. The third kappa shape index (κ3) is 4.71. The van der Waals surface area contributed by atoms with Crippen molar-refractivity contribution in [1.29, 1.82) is 0 Å². The fourth-order valence-electron chi connectivity index (χ4n) is 2.23. The van der Waals surface area contributed by atoms with E-state index in [1.165, 1.54) is 4.88 Å². The van der Waals surface area contributed by atoms with E-state index in [1.54, 1.807) is 11.3 Å². The molecule has 1 aliphatic heterocycles. The summed E-state index contributed by atoms with van der Waals surface area (Å²) >= 11 is 5.18. The van der Waals surface area contributed by atoms with E-state index in [1.807, 2.05) is 0 Å². The van der Waals surface area contributed by atoms with Gasteiger partial charge in [-0.3, -0.25) is 4.79 Å². The molecule has 1 aliphatic rings. The molecule has 18 heavy (non-hydrogen) atoms. The quantitative estimate of drug-likeness (QED) is 0.871. The molecule has 3 nitrogen and oxygen atoms in total. The van der Waals surface area contributed by atoms with Gasteiger partial charge in [-0.25, -0.2) is 0 Å². The van der Waals surface area contributed by atoms with Crippen LogP contribution in [-0.2, 0) is 11.2 Å². The first-order valence-corrected chi connectivity index (χ1v) is 8.06. The zero-order chi connectivity index (χ0) is 12.8. The Morgan fingerprint density at radius 1 is 1.44 bits per heavy atom. The Labute approximate surface area is 120 Å². The molecule has 0 spiro atoms. The summed E-state index contributed by atoms with van der Waals surface area (Å²) in [5.41, 5.74) is 0. The molecule has 1 saturated heterocycles. The largest absolute Gasteiger partial charge is 0.356 e. The number of hydrogen-bond acceptors (Lipinski definition) is 3. The van der Waals surface area contributed by atoms with Crippen LogP contribution >= 0.6 is 27.3 Å². The monoisotopic (exact) mass is 330 g/mol. The van der Waals surface area contributed by atoms with Crippen LogP contribution in [0.1, 0.15) is 24.1 Å². The van der Waals surface area contributed by atoms with E-state index in [2.05, 4.69) is 38.7 Å². The number of rotatable bonds is 5. The lowest BCUT2D eigenvalue weighted by Gasteiger charge is -2.21. The highest BCUT2D eigenvalue weighted by atomic mass is 79.9. The van der Waals surface area contributed by atoms with E-state index in [0.717, 1.165) is 42.7 Å². The van der Waals surface area contributed by atoms with Crippen molar-refractivity contribution in [1.82, 2.24) is 10.6 Å². The molecule has 0 unspecified atom stereocenters. The Morgan fingerprint density at radius 3 is 2.89 bits per heavy atom. The number of amides is 1. The Kier molecular flexibility index (Phi) is 5.66. The van der Waals surface area contributed by atoms with Crippen molar-refractivity contribution in [2.24, 2.45) is 5.92 Å². The Bertz CT molecular complexity index is 388. The Balaban J connectivity index is 1.62. The second-order valence-electron chi connectivity index (χ2n) is 4.70. The molecule has 1 aromatic heterocycles. The van der Waals surface area contributed by atoms with Crippen molar-refractivity contribution in [3.8, 4) is 0 Å². The normalized spacial score (nSPS) is 16.7. The number of piperidine rings is 1. The van der Waals surface area contributed by atoms with Gasteiger partial charge in [0.15, 0.2) is 0 Å². The summed E-state index contributed by atoms with van der Waals surface area (Å²) in [6.07, 6.45) is 3.88. The smallest absolute Gasteiger partial charge is 0.220 e. The lowest BCUT2D eigenvalue weighted by atomic mass is 9.94. The van der Waals surface area contributed by atoms with E-state index in [9.17, 15) is 4.79 Å². The predicted molar refractivity (Wildman–Crippen MR) is 78.9 cm³/mol. The molecule has 0 atom stereocenters. The van der Waals surface area contributed by atoms with E-state index >= 15 is 0 Å². The highest BCUT2D eigenvalue weighted by Crippen LogP contribution is 2.22. The van der Waals surface area contributed by atoms with Gasteiger partial charge in [0.05, 0.1) is 3.79 Å². The number of thiophene rings is 1. The van der Waals surface area contributed by atoms with Gasteiger partial charge in [-0.15, -0.1) is 11.3 Å². The van der Waals surface area contributed by atoms with Gasteiger partial charge in [-0.2, -0.15) is 0 Å². The SMILES string of the molecule is O=C(CC1CCNCC1)NCCc1ccc(Br)s1. The zero-order valence-corrected chi connectivity index (χ0v) is 12.8. The maximum absolute atomic E-state index is 11.8. The molecule has 0 aliphatic carbocycles. The van der Waals surface area contributed by atoms with Gasteiger partial charge in [-0.1, -0.05) is 0 Å². The van der Waals surface area contributed by atoms with Crippen LogP contribution in [0.25, 0.3) is 0 Å². The van der Waals surface area contributed by atoms with Crippen LogP contribution < -0.4 is 10.6 Å². The lowest BCUT2D eigenvalue weighted by Crippen LogP contribution is -2.32. The highest BCUT2D eigenvalue weighted by molar-refractivity contribution is 9.11. The number of carbonyl (C=O) groups excluding carboxylic acids is 1.